The number of piperazine rings is 1. The highest BCUT2D eigenvalue weighted by Crippen LogP contribution is 2.24. The van der Waals surface area contributed by atoms with Crippen molar-refractivity contribution in [3.05, 3.63) is 22.6 Å². The fourth-order valence-electron chi connectivity index (χ4n) is 3.55. The van der Waals surface area contributed by atoms with E-state index in [4.69, 9.17) is 0 Å². The van der Waals surface area contributed by atoms with Crippen molar-refractivity contribution in [1.82, 2.24) is 19.6 Å². The van der Waals surface area contributed by atoms with Crippen LogP contribution in [0.5, 0.6) is 0 Å². The Hall–Kier alpha value is -1.89. The Morgan fingerprint density at radius 1 is 1.21 bits per heavy atom. The molecule has 0 aromatic carbocycles. The van der Waals surface area contributed by atoms with Crippen molar-refractivity contribution in [2.75, 3.05) is 44.2 Å². The standard InChI is InChI=1S/C17H27N5O2/c1-13(2)20-6-8-21(9-7-20)17(24)14-4-5-22(12-14)15-10-16(23)19(3)18-11-15/h10-11,13-14H,4-9,12H2,1-3H3. The molecule has 0 aliphatic carbocycles. The minimum Gasteiger partial charge on any atom is -0.369 e. The number of rotatable bonds is 3. The maximum Gasteiger partial charge on any atom is 0.268 e. The minimum atomic E-state index is -0.118. The third-order valence-electron chi connectivity index (χ3n) is 5.21. The molecule has 1 unspecified atom stereocenters. The van der Waals surface area contributed by atoms with E-state index < -0.39 is 0 Å². The van der Waals surface area contributed by atoms with Crippen LogP contribution < -0.4 is 10.5 Å². The van der Waals surface area contributed by atoms with Crippen LogP contribution in [-0.4, -0.2) is 70.8 Å². The zero-order chi connectivity index (χ0) is 17.3. The molecule has 0 N–H and O–H groups in total. The Balaban J connectivity index is 1.58. The summed E-state index contributed by atoms with van der Waals surface area (Å²) in [6, 6.07) is 2.14. The number of carbonyl (C=O) groups is 1. The lowest BCUT2D eigenvalue weighted by molar-refractivity contribution is -0.136. The molecule has 2 aliphatic rings. The van der Waals surface area contributed by atoms with E-state index in [0.717, 1.165) is 44.8 Å². The Kier molecular flexibility index (Phi) is 4.89. The van der Waals surface area contributed by atoms with Gasteiger partial charge in [-0.1, -0.05) is 0 Å². The zero-order valence-electron chi connectivity index (χ0n) is 14.8. The van der Waals surface area contributed by atoms with Gasteiger partial charge in [-0.2, -0.15) is 5.10 Å². The maximum atomic E-state index is 12.8. The first-order valence-corrected chi connectivity index (χ1v) is 8.77. The SMILES string of the molecule is CC(C)N1CCN(C(=O)C2CCN(c3cnn(C)c(=O)c3)C2)CC1. The molecule has 24 heavy (non-hydrogen) atoms. The van der Waals surface area contributed by atoms with Gasteiger partial charge in [0.05, 0.1) is 17.8 Å². The van der Waals surface area contributed by atoms with Crippen LogP contribution >= 0.6 is 0 Å². The highest BCUT2D eigenvalue weighted by Gasteiger charge is 2.33. The Bertz CT molecular complexity index is 649. The predicted octanol–water partition coefficient (Wildman–Crippen LogP) is 0.159. The number of hydrogen-bond donors (Lipinski definition) is 0. The molecule has 0 bridgehead atoms. The van der Waals surface area contributed by atoms with Crippen LogP contribution in [0.1, 0.15) is 20.3 Å². The average Bonchev–Trinajstić information content (AvgIpc) is 3.07. The Morgan fingerprint density at radius 2 is 1.92 bits per heavy atom. The summed E-state index contributed by atoms with van der Waals surface area (Å²) in [4.78, 5) is 31.0. The number of amides is 1. The summed E-state index contributed by atoms with van der Waals surface area (Å²) in [7, 11) is 1.64. The summed E-state index contributed by atoms with van der Waals surface area (Å²) in [6.45, 7) is 9.43. The number of anilines is 1. The average molecular weight is 333 g/mol. The molecule has 2 fully saturated rings. The van der Waals surface area contributed by atoms with Gasteiger partial charge in [-0.3, -0.25) is 14.5 Å². The molecule has 0 spiro atoms. The van der Waals surface area contributed by atoms with Crippen LogP contribution in [0.2, 0.25) is 0 Å². The van der Waals surface area contributed by atoms with Crippen LogP contribution in [0.15, 0.2) is 17.1 Å². The highest BCUT2D eigenvalue weighted by atomic mass is 16.2. The molecule has 3 heterocycles. The monoisotopic (exact) mass is 333 g/mol. The van der Waals surface area contributed by atoms with E-state index in [0.29, 0.717) is 12.6 Å². The zero-order valence-corrected chi connectivity index (χ0v) is 14.8. The molecule has 1 atom stereocenters. The number of hydrogen-bond acceptors (Lipinski definition) is 5. The normalized spacial score (nSPS) is 22.4. The topological polar surface area (TPSA) is 61.7 Å². The van der Waals surface area contributed by atoms with E-state index in [2.05, 4.69) is 28.7 Å². The van der Waals surface area contributed by atoms with Crippen molar-refractivity contribution in [1.29, 1.82) is 0 Å². The summed E-state index contributed by atoms with van der Waals surface area (Å²) in [5, 5.41) is 4.07. The van der Waals surface area contributed by atoms with Gasteiger partial charge in [0.15, 0.2) is 0 Å². The van der Waals surface area contributed by atoms with E-state index in [1.807, 2.05) is 4.90 Å². The number of carbonyl (C=O) groups excluding carboxylic acids is 1. The van der Waals surface area contributed by atoms with Gasteiger partial charge in [0.1, 0.15) is 0 Å². The first-order chi connectivity index (χ1) is 11.5. The summed E-state index contributed by atoms with van der Waals surface area (Å²) in [5.41, 5.74) is 0.699. The maximum absolute atomic E-state index is 12.8. The van der Waals surface area contributed by atoms with Gasteiger partial charge >= 0.3 is 0 Å². The molecule has 3 rings (SSSR count). The predicted molar refractivity (Wildman–Crippen MR) is 93.1 cm³/mol. The summed E-state index contributed by atoms with van der Waals surface area (Å²) in [6.07, 6.45) is 2.55. The van der Waals surface area contributed by atoms with Gasteiger partial charge in [0, 0.05) is 58.4 Å². The lowest BCUT2D eigenvalue weighted by Crippen LogP contribution is -2.52. The van der Waals surface area contributed by atoms with Crippen molar-refractivity contribution < 1.29 is 4.79 Å². The third kappa shape index (κ3) is 3.45. The first kappa shape index (κ1) is 17.0. The lowest BCUT2D eigenvalue weighted by Gasteiger charge is -2.37. The van der Waals surface area contributed by atoms with Crippen LogP contribution in [0.25, 0.3) is 0 Å². The van der Waals surface area contributed by atoms with E-state index in [1.54, 1.807) is 19.3 Å². The van der Waals surface area contributed by atoms with Gasteiger partial charge in [-0.25, -0.2) is 4.68 Å². The van der Waals surface area contributed by atoms with Gasteiger partial charge in [0.2, 0.25) is 5.91 Å². The minimum absolute atomic E-state index is 0.0275. The largest absolute Gasteiger partial charge is 0.369 e. The van der Waals surface area contributed by atoms with Crippen molar-refractivity contribution in [3.63, 3.8) is 0 Å². The van der Waals surface area contributed by atoms with Crippen LogP contribution in [0.4, 0.5) is 5.69 Å². The van der Waals surface area contributed by atoms with Crippen molar-refractivity contribution in [3.8, 4) is 0 Å². The molecular weight excluding hydrogens is 306 g/mol. The molecular formula is C17H27N5O2. The van der Waals surface area contributed by atoms with Crippen molar-refractivity contribution in [2.45, 2.75) is 26.3 Å². The van der Waals surface area contributed by atoms with E-state index in [1.165, 1.54) is 4.68 Å². The summed E-state index contributed by atoms with van der Waals surface area (Å²) >= 11 is 0. The Labute approximate surface area is 142 Å². The Morgan fingerprint density at radius 3 is 2.54 bits per heavy atom. The molecule has 7 heteroatoms. The summed E-state index contributed by atoms with van der Waals surface area (Å²) in [5.74, 6) is 0.289. The second-order valence-electron chi connectivity index (χ2n) is 7.06. The fourth-order valence-corrected chi connectivity index (χ4v) is 3.55. The molecule has 2 aliphatic heterocycles. The van der Waals surface area contributed by atoms with Crippen molar-refractivity contribution in [2.24, 2.45) is 13.0 Å². The number of aryl methyl sites for hydroxylation is 1. The smallest absolute Gasteiger partial charge is 0.268 e. The number of nitrogens with zero attached hydrogens (tertiary/aromatic N) is 5. The van der Waals surface area contributed by atoms with Crippen molar-refractivity contribution >= 4 is 11.6 Å². The van der Waals surface area contributed by atoms with E-state index in [-0.39, 0.29) is 17.4 Å². The third-order valence-corrected chi connectivity index (χ3v) is 5.21. The quantitative estimate of drug-likeness (QED) is 0.788. The van der Waals surface area contributed by atoms with Crippen LogP contribution in [0, 0.1) is 5.92 Å². The van der Waals surface area contributed by atoms with Crippen LogP contribution in [-0.2, 0) is 11.8 Å². The molecule has 0 radical (unpaired) electrons. The molecule has 1 aromatic heterocycles. The van der Waals surface area contributed by atoms with Gasteiger partial charge < -0.3 is 9.80 Å². The lowest BCUT2D eigenvalue weighted by atomic mass is 10.1. The molecule has 7 nitrogen and oxygen atoms in total. The highest BCUT2D eigenvalue weighted by molar-refractivity contribution is 5.80. The van der Waals surface area contributed by atoms with E-state index >= 15 is 0 Å². The summed E-state index contributed by atoms with van der Waals surface area (Å²) < 4.78 is 1.32. The molecule has 1 amide bonds. The van der Waals surface area contributed by atoms with E-state index in [9.17, 15) is 9.59 Å². The second-order valence-corrected chi connectivity index (χ2v) is 7.06. The molecule has 1 aromatic rings. The van der Waals surface area contributed by atoms with Gasteiger partial charge in [0.25, 0.3) is 5.56 Å². The fraction of sp³-hybridized carbons (Fsp3) is 0.706. The van der Waals surface area contributed by atoms with Crippen LogP contribution in [0.3, 0.4) is 0 Å². The molecule has 0 saturated carbocycles. The second kappa shape index (κ2) is 6.93. The molecule has 2 saturated heterocycles. The van der Waals surface area contributed by atoms with Gasteiger partial charge in [-0.05, 0) is 20.3 Å². The first-order valence-electron chi connectivity index (χ1n) is 8.77. The number of aromatic nitrogens is 2. The molecule has 132 valence electrons. The van der Waals surface area contributed by atoms with Gasteiger partial charge in [-0.15, -0.1) is 0 Å².